The van der Waals surface area contributed by atoms with Crippen LogP contribution in [0, 0.1) is 10.1 Å². The average Bonchev–Trinajstić information content (AvgIpc) is 3.24. The highest BCUT2D eigenvalue weighted by molar-refractivity contribution is 6.30. The molecule has 1 saturated heterocycles. The molecule has 1 aromatic heterocycles. The third-order valence-corrected chi connectivity index (χ3v) is 5.46. The molecule has 1 amide bonds. The maximum Gasteiger partial charge on any atom is 0.415 e. The Hall–Kier alpha value is -2.85. The van der Waals surface area contributed by atoms with Gasteiger partial charge in [-0.05, 0) is 29.5 Å². The second-order valence-electron chi connectivity index (χ2n) is 7.76. The van der Waals surface area contributed by atoms with Crippen LogP contribution in [0.4, 0.5) is 10.6 Å². The van der Waals surface area contributed by atoms with Crippen molar-refractivity contribution in [3.63, 3.8) is 0 Å². The Kier molecular flexibility index (Phi) is 5.52. The van der Waals surface area contributed by atoms with E-state index in [1.807, 2.05) is 24.3 Å². The summed E-state index contributed by atoms with van der Waals surface area (Å²) in [5.74, 6) is -0.263. The van der Waals surface area contributed by atoms with Gasteiger partial charge in [0.2, 0.25) is 0 Å². The molecule has 0 radical (unpaired) electrons. The predicted molar refractivity (Wildman–Crippen MR) is 108 cm³/mol. The summed E-state index contributed by atoms with van der Waals surface area (Å²) >= 11 is 5.92. The zero-order chi connectivity index (χ0) is 21.3. The number of hydrogen-bond acceptors (Lipinski definition) is 7. The highest BCUT2D eigenvalue weighted by atomic mass is 35.5. The van der Waals surface area contributed by atoms with Crippen LogP contribution in [0.5, 0.6) is 6.01 Å². The first-order valence-electron chi connectivity index (χ1n) is 9.60. The lowest BCUT2D eigenvalue weighted by Gasteiger charge is -2.34. The van der Waals surface area contributed by atoms with Gasteiger partial charge in [-0.2, -0.15) is 0 Å². The summed E-state index contributed by atoms with van der Waals surface area (Å²) in [5, 5.41) is 11.5. The van der Waals surface area contributed by atoms with E-state index in [2.05, 4.69) is 9.88 Å². The number of carbonyl (C=O) groups excluding carboxylic acids is 1. The van der Waals surface area contributed by atoms with Crippen LogP contribution in [0.25, 0.3) is 0 Å². The molecule has 3 heterocycles. The van der Waals surface area contributed by atoms with Crippen LogP contribution in [0.1, 0.15) is 12.5 Å². The molecule has 2 aliphatic rings. The van der Waals surface area contributed by atoms with Crippen LogP contribution in [0.2, 0.25) is 5.02 Å². The van der Waals surface area contributed by atoms with Crippen molar-refractivity contribution in [1.82, 2.24) is 19.4 Å². The van der Waals surface area contributed by atoms with Crippen LogP contribution in [-0.4, -0.2) is 68.8 Å². The normalized spacial score (nSPS) is 21.2. The van der Waals surface area contributed by atoms with E-state index in [9.17, 15) is 14.9 Å². The third-order valence-electron chi connectivity index (χ3n) is 5.21. The van der Waals surface area contributed by atoms with Gasteiger partial charge >= 0.3 is 17.9 Å². The molecule has 0 spiro atoms. The molecule has 2 aliphatic heterocycles. The molecule has 2 aromatic rings. The molecular weight excluding hydrogens is 414 g/mol. The van der Waals surface area contributed by atoms with E-state index in [0.29, 0.717) is 24.7 Å². The van der Waals surface area contributed by atoms with Gasteiger partial charge in [-0.3, -0.25) is 9.47 Å². The molecule has 1 aromatic carbocycles. The molecule has 4 rings (SSSR count). The fraction of sp³-hybridized carbons (Fsp3) is 0.474. The highest BCUT2D eigenvalue weighted by Crippen LogP contribution is 2.31. The van der Waals surface area contributed by atoms with Crippen LogP contribution < -0.4 is 4.74 Å². The van der Waals surface area contributed by atoms with Gasteiger partial charge in [0.1, 0.15) is 12.8 Å². The van der Waals surface area contributed by atoms with Crippen molar-refractivity contribution in [2.75, 3.05) is 32.8 Å². The number of piperazine rings is 1. The second-order valence-corrected chi connectivity index (χ2v) is 8.20. The number of rotatable bonds is 5. The maximum absolute atomic E-state index is 12.5. The van der Waals surface area contributed by atoms with Gasteiger partial charge in [0.05, 0.1) is 6.54 Å². The summed E-state index contributed by atoms with van der Waals surface area (Å²) in [5.41, 5.74) is 0.378. The van der Waals surface area contributed by atoms with E-state index in [1.165, 1.54) is 11.8 Å². The van der Waals surface area contributed by atoms with Crippen molar-refractivity contribution >= 4 is 23.5 Å². The number of hydrogen-bond donors (Lipinski definition) is 0. The Labute approximate surface area is 178 Å². The Balaban J connectivity index is 1.23. The fourth-order valence-electron chi connectivity index (χ4n) is 3.60. The molecule has 0 saturated carbocycles. The van der Waals surface area contributed by atoms with E-state index >= 15 is 0 Å². The van der Waals surface area contributed by atoms with Crippen molar-refractivity contribution in [2.45, 2.75) is 25.6 Å². The average molecular weight is 436 g/mol. The monoisotopic (exact) mass is 435 g/mol. The van der Waals surface area contributed by atoms with E-state index in [4.69, 9.17) is 21.1 Å². The SMILES string of the molecule is CC1(COC(=O)N2CCN(Cc3ccc(Cl)cc3)CC2)Cn2cc([N+](=O)[O-])nc2O1. The highest BCUT2D eigenvalue weighted by Gasteiger charge is 2.41. The van der Waals surface area contributed by atoms with E-state index < -0.39 is 10.5 Å². The maximum atomic E-state index is 12.5. The van der Waals surface area contributed by atoms with Gasteiger partial charge in [0.15, 0.2) is 5.60 Å². The van der Waals surface area contributed by atoms with Crippen LogP contribution in [0.3, 0.4) is 0 Å². The van der Waals surface area contributed by atoms with Gasteiger partial charge in [0.25, 0.3) is 0 Å². The Morgan fingerprint density at radius 2 is 2.00 bits per heavy atom. The van der Waals surface area contributed by atoms with Gasteiger partial charge < -0.3 is 24.5 Å². The summed E-state index contributed by atoms with van der Waals surface area (Å²) < 4.78 is 12.7. The number of fused-ring (bicyclic) bond motifs is 1. The second kappa shape index (κ2) is 8.11. The van der Waals surface area contributed by atoms with Crippen LogP contribution in [-0.2, 0) is 17.8 Å². The minimum absolute atomic E-state index is 0.0357. The van der Waals surface area contributed by atoms with E-state index in [0.717, 1.165) is 19.6 Å². The van der Waals surface area contributed by atoms with Crippen molar-refractivity contribution in [3.8, 4) is 6.01 Å². The number of halogens is 1. The van der Waals surface area contributed by atoms with Crippen LogP contribution >= 0.6 is 11.6 Å². The Morgan fingerprint density at radius 1 is 1.30 bits per heavy atom. The minimum Gasteiger partial charge on any atom is -0.445 e. The molecule has 0 N–H and O–H groups in total. The topological polar surface area (TPSA) is 103 Å². The number of nitro groups is 1. The number of ether oxygens (including phenoxy) is 2. The molecule has 1 atom stereocenters. The quantitative estimate of drug-likeness (QED) is 0.525. The summed E-state index contributed by atoms with van der Waals surface area (Å²) in [7, 11) is 0. The van der Waals surface area contributed by atoms with E-state index in [-0.39, 0.29) is 24.5 Å². The van der Waals surface area contributed by atoms with Gasteiger partial charge in [0, 0.05) is 42.7 Å². The molecule has 0 aliphatic carbocycles. The molecule has 10 nitrogen and oxygen atoms in total. The lowest BCUT2D eigenvalue weighted by molar-refractivity contribution is -0.389. The fourth-order valence-corrected chi connectivity index (χ4v) is 3.72. The summed E-state index contributed by atoms with van der Waals surface area (Å²) in [6.07, 6.45) is 0.934. The molecular formula is C19H22ClN5O5. The lowest BCUT2D eigenvalue weighted by atomic mass is 10.1. The molecule has 160 valence electrons. The van der Waals surface area contributed by atoms with E-state index in [1.54, 1.807) is 16.4 Å². The number of nitrogens with zero attached hydrogens (tertiary/aromatic N) is 5. The third kappa shape index (κ3) is 4.49. The Morgan fingerprint density at radius 3 is 2.63 bits per heavy atom. The van der Waals surface area contributed by atoms with Crippen LogP contribution in [0.15, 0.2) is 30.5 Å². The summed E-state index contributed by atoms with van der Waals surface area (Å²) in [6, 6.07) is 7.92. The van der Waals surface area contributed by atoms with Gasteiger partial charge in [-0.15, -0.1) is 0 Å². The largest absolute Gasteiger partial charge is 0.445 e. The molecule has 1 unspecified atom stereocenters. The number of benzene rings is 1. The van der Waals surface area contributed by atoms with Crippen molar-refractivity contribution < 1.29 is 19.2 Å². The summed E-state index contributed by atoms with van der Waals surface area (Å²) in [6.45, 7) is 5.62. The number of carbonyl (C=O) groups is 1. The zero-order valence-electron chi connectivity index (χ0n) is 16.5. The zero-order valence-corrected chi connectivity index (χ0v) is 17.2. The van der Waals surface area contributed by atoms with Gasteiger partial charge in [-0.1, -0.05) is 23.7 Å². The number of imidazole rings is 1. The minimum atomic E-state index is -0.802. The van der Waals surface area contributed by atoms with Gasteiger partial charge in [-0.25, -0.2) is 4.79 Å². The smallest absolute Gasteiger partial charge is 0.415 e. The molecule has 0 bridgehead atoms. The standard InChI is InChI=1S/C19H22ClN5O5/c1-19(12-24-11-16(25(27)28)21-17(24)30-19)13-29-18(26)23-8-6-22(7-9-23)10-14-2-4-15(20)5-3-14/h2-5,11H,6-10,12-13H2,1H3. The summed E-state index contributed by atoms with van der Waals surface area (Å²) in [4.78, 5) is 30.5. The number of aromatic nitrogens is 2. The lowest BCUT2D eigenvalue weighted by Crippen LogP contribution is -2.49. The van der Waals surface area contributed by atoms with Crippen molar-refractivity contribution in [3.05, 3.63) is 51.2 Å². The predicted octanol–water partition coefficient (Wildman–Crippen LogP) is 2.55. The first-order chi connectivity index (χ1) is 14.3. The van der Waals surface area contributed by atoms with Crippen molar-refractivity contribution in [1.29, 1.82) is 0 Å². The Bertz CT molecular complexity index is 916. The van der Waals surface area contributed by atoms with Crippen molar-refractivity contribution in [2.24, 2.45) is 0 Å². The molecule has 1 fully saturated rings. The number of amides is 1. The first kappa shape index (κ1) is 20.4. The molecule has 11 heteroatoms. The first-order valence-corrected chi connectivity index (χ1v) is 9.98. The molecule has 30 heavy (non-hydrogen) atoms.